The van der Waals surface area contributed by atoms with E-state index in [1.165, 1.54) is 9.01 Å². The number of benzene rings is 2. The molecule has 0 bridgehead atoms. The monoisotopic (exact) mass is 469 g/mol. The van der Waals surface area contributed by atoms with E-state index in [0.29, 0.717) is 31.7 Å². The molecule has 0 spiro atoms. The van der Waals surface area contributed by atoms with Crippen LogP contribution in [0.25, 0.3) is 10.2 Å². The molecule has 0 N–H and O–H groups in total. The van der Waals surface area contributed by atoms with Crippen LogP contribution >= 0.6 is 11.3 Å². The molecular formula is C24H27N3O3S2. The number of carbonyl (C=O) groups is 1. The minimum Gasteiger partial charge on any atom is -0.338 e. The summed E-state index contributed by atoms with van der Waals surface area (Å²) < 4.78 is 28.7. The van der Waals surface area contributed by atoms with Crippen LogP contribution in [-0.4, -0.2) is 54.7 Å². The summed E-state index contributed by atoms with van der Waals surface area (Å²) in [5, 5.41) is 1.07. The summed E-state index contributed by atoms with van der Waals surface area (Å²) in [4.78, 5) is 20.4. The molecule has 8 heteroatoms. The Morgan fingerprint density at radius 2 is 1.84 bits per heavy atom. The van der Waals surface area contributed by atoms with Crippen molar-refractivity contribution in [2.24, 2.45) is 0 Å². The Labute approximate surface area is 192 Å². The summed E-state index contributed by atoms with van der Waals surface area (Å²) in [7, 11) is -3.56. The van der Waals surface area contributed by atoms with Gasteiger partial charge in [0.15, 0.2) is 0 Å². The number of nitrogens with zero attached hydrogens (tertiary/aromatic N) is 3. The van der Waals surface area contributed by atoms with E-state index in [0.717, 1.165) is 41.8 Å². The third-order valence-corrected chi connectivity index (χ3v) is 9.60. The van der Waals surface area contributed by atoms with Crippen LogP contribution in [0.5, 0.6) is 0 Å². The Morgan fingerprint density at radius 3 is 2.62 bits per heavy atom. The summed E-state index contributed by atoms with van der Waals surface area (Å²) in [6, 6.07) is 13.1. The lowest BCUT2D eigenvalue weighted by molar-refractivity contribution is 0.0706. The number of para-hydroxylation sites is 1. The SMILES string of the molecule is Cc1ccc(S(=O)(=O)N2CCCC2)cc1C(=O)N1CCC[C@@H](c2nc3ccccc3s2)C1. The Bertz CT molecular complexity index is 1230. The van der Waals surface area contributed by atoms with Crippen LogP contribution in [0.3, 0.4) is 0 Å². The van der Waals surface area contributed by atoms with Gasteiger partial charge in [0.1, 0.15) is 0 Å². The molecule has 3 aromatic rings. The Balaban J connectivity index is 1.39. The number of hydrogen-bond donors (Lipinski definition) is 0. The number of piperidine rings is 1. The molecule has 0 unspecified atom stereocenters. The molecule has 0 aliphatic carbocycles. The maximum Gasteiger partial charge on any atom is 0.254 e. The van der Waals surface area contributed by atoms with Gasteiger partial charge in [-0.3, -0.25) is 4.79 Å². The topological polar surface area (TPSA) is 70.6 Å². The predicted octanol–water partition coefficient (Wildman–Crippen LogP) is 4.41. The van der Waals surface area contributed by atoms with Crippen LogP contribution in [0, 0.1) is 6.92 Å². The van der Waals surface area contributed by atoms with Crippen molar-refractivity contribution in [3.63, 3.8) is 0 Å². The average Bonchev–Trinajstić information content (AvgIpc) is 3.49. The first-order valence-corrected chi connectivity index (χ1v) is 13.4. The molecule has 2 fully saturated rings. The number of sulfonamides is 1. The van der Waals surface area contributed by atoms with E-state index < -0.39 is 10.0 Å². The molecule has 2 saturated heterocycles. The van der Waals surface area contributed by atoms with Gasteiger partial charge in [0.2, 0.25) is 10.0 Å². The lowest BCUT2D eigenvalue weighted by atomic mass is 9.97. The van der Waals surface area contributed by atoms with Crippen LogP contribution in [0.4, 0.5) is 0 Å². The number of likely N-dealkylation sites (tertiary alicyclic amines) is 1. The van der Waals surface area contributed by atoms with E-state index >= 15 is 0 Å². The van der Waals surface area contributed by atoms with Gasteiger partial charge >= 0.3 is 0 Å². The highest BCUT2D eigenvalue weighted by atomic mass is 32.2. The normalized spacial score (nSPS) is 20.2. The van der Waals surface area contributed by atoms with E-state index in [1.807, 2.05) is 30.0 Å². The van der Waals surface area contributed by atoms with E-state index in [2.05, 4.69) is 6.07 Å². The second-order valence-corrected chi connectivity index (χ2v) is 11.7. The molecule has 32 heavy (non-hydrogen) atoms. The predicted molar refractivity (Wildman–Crippen MR) is 127 cm³/mol. The largest absolute Gasteiger partial charge is 0.338 e. The molecule has 0 saturated carbocycles. The fourth-order valence-corrected chi connectivity index (χ4v) is 7.30. The zero-order valence-electron chi connectivity index (χ0n) is 18.2. The zero-order chi connectivity index (χ0) is 22.3. The highest BCUT2D eigenvalue weighted by Crippen LogP contribution is 2.34. The number of carbonyl (C=O) groups excluding carboxylic acids is 1. The highest BCUT2D eigenvalue weighted by Gasteiger charge is 2.31. The summed E-state index contributed by atoms with van der Waals surface area (Å²) in [6.07, 6.45) is 3.69. The maximum absolute atomic E-state index is 13.5. The molecule has 6 nitrogen and oxygen atoms in total. The number of aryl methyl sites for hydroxylation is 1. The van der Waals surface area contributed by atoms with Crippen LogP contribution in [0.15, 0.2) is 47.4 Å². The van der Waals surface area contributed by atoms with Crippen LogP contribution in [-0.2, 0) is 10.0 Å². The number of rotatable bonds is 4. The smallest absolute Gasteiger partial charge is 0.254 e. The van der Waals surface area contributed by atoms with Crippen molar-refractivity contribution >= 4 is 37.5 Å². The Kier molecular flexibility index (Phi) is 5.77. The fraction of sp³-hybridized carbons (Fsp3) is 0.417. The number of aromatic nitrogens is 1. The Hall–Kier alpha value is -2.29. The van der Waals surface area contributed by atoms with Crippen LogP contribution in [0.1, 0.15) is 52.5 Å². The minimum absolute atomic E-state index is 0.0909. The van der Waals surface area contributed by atoms with Gasteiger partial charge in [-0.05, 0) is 62.4 Å². The molecule has 168 valence electrons. The van der Waals surface area contributed by atoms with Gasteiger partial charge in [0.05, 0.1) is 20.1 Å². The standard InChI is InChI=1S/C24H27N3O3S2/c1-17-10-11-19(32(29,30)27-13-4-5-14-27)15-20(17)24(28)26-12-6-7-18(16-26)23-25-21-8-2-3-9-22(21)31-23/h2-3,8-11,15,18H,4-7,12-14,16H2,1H3/t18-/m1/s1. The summed E-state index contributed by atoms with van der Waals surface area (Å²) in [6.45, 7) is 4.27. The van der Waals surface area contributed by atoms with E-state index in [4.69, 9.17) is 4.98 Å². The molecule has 5 rings (SSSR count). The highest BCUT2D eigenvalue weighted by molar-refractivity contribution is 7.89. The summed E-state index contributed by atoms with van der Waals surface area (Å²) >= 11 is 1.70. The van der Waals surface area contributed by atoms with E-state index in [9.17, 15) is 13.2 Å². The van der Waals surface area contributed by atoms with Gasteiger partial charge in [-0.15, -0.1) is 11.3 Å². The first-order valence-electron chi connectivity index (χ1n) is 11.2. The number of amides is 1. The van der Waals surface area contributed by atoms with Crippen LogP contribution in [0.2, 0.25) is 0 Å². The average molecular weight is 470 g/mol. The molecule has 1 aromatic heterocycles. The first kappa shape index (κ1) is 21.6. The minimum atomic E-state index is -3.56. The molecule has 1 amide bonds. The number of thiazole rings is 1. The molecule has 3 heterocycles. The van der Waals surface area contributed by atoms with Crippen molar-refractivity contribution in [1.29, 1.82) is 0 Å². The lowest BCUT2D eigenvalue weighted by Gasteiger charge is -2.32. The van der Waals surface area contributed by atoms with Gasteiger partial charge in [-0.1, -0.05) is 18.2 Å². The van der Waals surface area contributed by atoms with Crippen molar-refractivity contribution in [1.82, 2.24) is 14.2 Å². The van der Waals surface area contributed by atoms with Crippen molar-refractivity contribution in [2.45, 2.75) is 43.4 Å². The summed E-state index contributed by atoms with van der Waals surface area (Å²) in [5.41, 5.74) is 2.29. The van der Waals surface area contributed by atoms with Gasteiger partial charge in [0.25, 0.3) is 5.91 Å². The van der Waals surface area contributed by atoms with Crippen molar-refractivity contribution in [3.05, 3.63) is 58.6 Å². The maximum atomic E-state index is 13.5. The molecule has 2 aliphatic heterocycles. The number of fused-ring (bicyclic) bond motifs is 1. The third-order valence-electron chi connectivity index (χ3n) is 6.51. The van der Waals surface area contributed by atoms with Gasteiger partial charge in [0, 0.05) is 37.7 Å². The zero-order valence-corrected chi connectivity index (χ0v) is 19.8. The second kappa shape index (κ2) is 8.57. The van der Waals surface area contributed by atoms with Crippen LogP contribution < -0.4 is 0 Å². The quantitative estimate of drug-likeness (QED) is 0.568. The van der Waals surface area contributed by atoms with Crippen molar-refractivity contribution in [2.75, 3.05) is 26.2 Å². The van der Waals surface area contributed by atoms with E-state index in [-0.39, 0.29) is 16.7 Å². The number of hydrogen-bond acceptors (Lipinski definition) is 5. The van der Waals surface area contributed by atoms with Gasteiger partial charge in [-0.25, -0.2) is 13.4 Å². The van der Waals surface area contributed by atoms with Gasteiger partial charge in [-0.2, -0.15) is 4.31 Å². The fourth-order valence-electron chi connectivity index (χ4n) is 4.67. The molecule has 2 aromatic carbocycles. The van der Waals surface area contributed by atoms with E-state index in [1.54, 1.807) is 29.5 Å². The molecule has 1 atom stereocenters. The first-order chi connectivity index (χ1) is 15.4. The third kappa shape index (κ3) is 3.95. The Morgan fingerprint density at radius 1 is 1.06 bits per heavy atom. The second-order valence-electron chi connectivity index (χ2n) is 8.70. The lowest BCUT2D eigenvalue weighted by Crippen LogP contribution is -2.39. The molecule has 0 radical (unpaired) electrons. The van der Waals surface area contributed by atoms with Gasteiger partial charge < -0.3 is 4.90 Å². The summed E-state index contributed by atoms with van der Waals surface area (Å²) in [5.74, 6) is 0.119. The van der Waals surface area contributed by atoms with Crippen molar-refractivity contribution in [3.8, 4) is 0 Å². The molecular weight excluding hydrogens is 442 g/mol. The molecule has 2 aliphatic rings. The van der Waals surface area contributed by atoms with Crippen molar-refractivity contribution < 1.29 is 13.2 Å².